The second kappa shape index (κ2) is 3.79. The summed E-state index contributed by atoms with van der Waals surface area (Å²) in [5.41, 5.74) is 0.128. The molecule has 2 rings (SSSR count). The van der Waals surface area contributed by atoms with Crippen molar-refractivity contribution in [3.63, 3.8) is 0 Å². The third-order valence-corrected chi connectivity index (χ3v) is 2.51. The van der Waals surface area contributed by atoms with Gasteiger partial charge < -0.3 is 10.4 Å². The summed E-state index contributed by atoms with van der Waals surface area (Å²) in [7, 11) is 0. The minimum absolute atomic E-state index is 0.128. The van der Waals surface area contributed by atoms with E-state index >= 15 is 0 Å². The van der Waals surface area contributed by atoms with Gasteiger partial charge in [0.05, 0.1) is 6.04 Å². The van der Waals surface area contributed by atoms with Crippen molar-refractivity contribution in [3.8, 4) is 0 Å². The van der Waals surface area contributed by atoms with Crippen molar-refractivity contribution >= 4 is 5.97 Å². The van der Waals surface area contributed by atoms with Crippen LogP contribution < -0.4 is 5.32 Å². The average Bonchev–Trinajstić information content (AvgIpc) is 2.68. The average molecular weight is 195 g/mol. The van der Waals surface area contributed by atoms with Gasteiger partial charge in [-0.05, 0) is 32.0 Å². The highest BCUT2D eigenvalue weighted by Gasteiger charge is 2.16. The third kappa shape index (κ3) is 1.77. The predicted molar refractivity (Wildman–Crippen MR) is 50.3 cm³/mol. The first-order valence-electron chi connectivity index (χ1n) is 4.76. The molecule has 2 N–H and O–H groups in total. The van der Waals surface area contributed by atoms with E-state index in [4.69, 9.17) is 5.11 Å². The van der Waals surface area contributed by atoms with Gasteiger partial charge in [-0.1, -0.05) is 0 Å². The molecule has 1 aromatic heterocycles. The van der Waals surface area contributed by atoms with Crippen LogP contribution in [0.15, 0.2) is 12.3 Å². The number of carbonyl (C=O) groups is 1. The van der Waals surface area contributed by atoms with Crippen LogP contribution in [0.5, 0.6) is 0 Å². The lowest BCUT2D eigenvalue weighted by atomic mass is 10.1. The molecule has 0 spiro atoms. The third-order valence-electron chi connectivity index (χ3n) is 2.51. The van der Waals surface area contributed by atoms with E-state index in [1.165, 1.54) is 0 Å². The first kappa shape index (κ1) is 9.21. The van der Waals surface area contributed by atoms with Gasteiger partial charge in [0, 0.05) is 6.20 Å². The Morgan fingerprint density at radius 2 is 2.29 bits per heavy atom. The van der Waals surface area contributed by atoms with Crippen molar-refractivity contribution in [2.45, 2.75) is 18.9 Å². The predicted octanol–water partition coefficient (Wildman–Crippen LogP) is 0.506. The quantitative estimate of drug-likeness (QED) is 0.721. The topological polar surface area (TPSA) is 67.2 Å². The molecule has 2 heterocycles. The van der Waals surface area contributed by atoms with Crippen molar-refractivity contribution in [1.82, 2.24) is 15.1 Å². The van der Waals surface area contributed by atoms with Gasteiger partial charge in [0.25, 0.3) is 0 Å². The molecule has 0 radical (unpaired) electrons. The molecule has 14 heavy (non-hydrogen) atoms. The standard InChI is InChI=1S/C9H13N3O2/c13-9(14)8-3-6-12(11-8)7-1-4-10-5-2-7/h3,6-7,10H,1-2,4-5H2,(H,13,14). The summed E-state index contributed by atoms with van der Waals surface area (Å²) < 4.78 is 1.77. The molecule has 5 heteroatoms. The van der Waals surface area contributed by atoms with Crippen molar-refractivity contribution in [2.24, 2.45) is 0 Å². The summed E-state index contributed by atoms with van der Waals surface area (Å²) in [5, 5.41) is 16.0. The second-order valence-electron chi connectivity index (χ2n) is 3.47. The van der Waals surface area contributed by atoms with E-state index in [0.29, 0.717) is 6.04 Å². The van der Waals surface area contributed by atoms with Gasteiger partial charge in [0.15, 0.2) is 5.69 Å². The summed E-state index contributed by atoms with van der Waals surface area (Å²) in [6.45, 7) is 1.96. The molecule has 0 unspecified atom stereocenters. The zero-order valence-corrected chi connectivity index (χ0v) is 7.81. The van der Waals surface area contributed by atoms with Gasteiger partial charge in [0.1, 0.15) is 0 Å². The maximum atomic E-state index is 10.6. The largest absolute Gasteiger partial charge is 0.476 e. The number of nitrogens with zero attached hydrogens (tertiary/aromatic N) is 2. The Kier molecular flexibility index (Phi) is 2.49. The van der Waals surface area contributed by atoms with Gasteiger partial charge in [-0.3, -0.25) is 4.68 Å². The van der Waals surface area contributed by atoms with E-state index in [1.54, 1.807) is 16.9 Å². The van der Waals surface area contributed by atoms with E-state index in [0.717, 1.165) is 25.9 Å². The molecule has 1 aliphatic heterocycles. The molecular formula is C9H13N3O2. The van der Waals surface area contributed by atoms with Crippen molar-refractivity contribution in [3.05, 3.63) is 18.0 Å². The minimum atomic E-state index is -0.960. The van der Waals surface area contributed by atoms with E-state index in [2.05, 4.69) is 10.4 Å². The number of rotatable bonds is 2. The number of carboxylic acid groups (broad SMARTS) is 1. The lowest BCUT2D eigenvalue weighted by Crippen LogP contribution is -2.29. The zero-order chi connectivity index (χ0) is 9.97. The van der Waals surface area contributed by atoms with Crippen LogP contribution in [0.1, 0.15) is 29.4 Å². The number of carboxylic acids is 1. The summed E-state index contributed by atoms with van der Waals surface area (Å²) >= 11 is 0. The number of hydrogen-bond acceptors (Lipinski definition) is 3. The SMILES string of the molecule is O=C(O)c1ccn(C2CCNCC2)n1. The smallest absolute Gasteiger partial charge is 0.356 e. The summed E-state index contributed by atoms with van der Waals surface area (Å²) in [5.74, 6) is -0.960. The number of aromatic carboxylic acids is 1. The molecule has 1 fully saturated rings. The monoisotopic (exact) mass is 195 g/mol. The van der Waals surface area contributed by atoms with E-state index in [1.807, 2.05) is 0 Å². The normalized spacial score (nSPS) is 18.3. The molecule has 5 nitrogen and oxygen atoms in total. The van der Waals surface area contributed by atoms with Crippen molar-refractivity contribution < 1.29 is 9.90 Å². The van der Waals surface area contributed by atoms with Crippen LogP contribution in [0, 0.1) is 0 Å². The van der Waals surface area contributed by atoms with E-state index < -0.39 is 5.97 Å². The van der Waals surface area contributed by atoms with Gasteiger partial charge in [-0.2, -0.15) is 5.10 Å². The molecule has 0 saturated carbocycles. The van der Waals surface area contributed by atoms with Crippen LogP contribution in [0.3, 0.4) is 0 Å². The minimum Gasteiger partial charge on any atom is -0.476 e. The fourth-order valence-electron chi connectivity index (χ4n) is 1.73. The Balaban J connectivity index is 2.11. The molecule has 1 aliphatic rings. The number of aromatic nitrogens is 2. The first-order chi connectivity index (χ1) is 6.77. The Bertz CT molecular complexity index is 329. The Hall–Kier alpha value is -1.36. The van der Waals surface area contributed by atoms with Gasteiger partial charge in [-0.25, -0.2) is 4.79 Å². The highest BCUT2D eigenvalue weighted by molar-refractivity contribution is 5.85. The molecule has 76 valence electrons. The maximum absolute atomic E-state index is 10.6. The van der Waals surface area contributed by atoms with Crippen LogP contribution in [0.4, 0.5) is 0 Å². The van der Waals surface area contributed by atoms with Crippen molar-refractivity contribution in [2.75, 3.05) is 13.1 Å². The van der Waals surface area contributed by atoms with Crippen LogP contribution in [-0.4, -0.2) is 33.9 Å². The fourth-order valence-corrected chi connectivity index (χ4v) is 1.73. The fraction of sp³-hybridized carbons (Fsp3) is 0.556. The van der Waals surface area contributed by atoms with Gasteiger partial charge in [0.2, 0.25) is 0 Å². The number of piperidine rings is 1. The number of nitrogens with one attached hydrogen (secondary N) is 1. The molecule has 0 amide bonds. The zero-order valence-electron chi connectivity index (χ0n) is 7.81. The van der Waals surface area contributed by atoms with Crippen molar-refractivity contribution in [1.29, 1.82) is 0 Å². The Morgan fingerprint density at radius 3 is 2.86 bits per heavy atom. The molecule has 0 aromatic carbocycles. The molecule has 1 saturated heterocycles. The molecule has 0 atom stereocenters. The summed E-state index contributed by atoms with van der Waals surface area (Å²) in [4.78, 5) is 10.6. The summed E-state index contributed by atoms with van der Waals surface area (Å²) in [6.07, 6.45) is 3.78. The molecule has 0 aliphatic carbocycles. The first-order valence-corrected chi connectivity index (χ1v) is 4.76. The lowest BCUT2D eigenvalue weighted by Gasteiger charge is -2.22. The van der Waals surface area contributed by atoms with Crippen LogP contribution >= 0.6 is 0 Å². The van der Waals surface area contributed by atoms with Crippen LogP contribution in [0.25, 0.3) is 0 Å². The number of hydrogen-bond donors (Lipinski definition) is 2. The molecular weight excluding hydrogens is 182 g/mol. The van der Waals surface area contributed by atoms with Gasteiger partial charge >= 0.3 is 5.97 Å². The molecule has 0 bridgehead atoms. The summed E-state index contributed by atoms with van der Waals surface area (Å²) in [6, 6.07) is 1.90. The van der Waals surface area contributed by atoms with E-state index in [9.17, 15) is 4.79 Å². The highest BCUT2D eigenvalue weighted by atomic mass is 16.4. The Labute approximate surface area is 81.7 Å². The van der Waals surface area contributed by atoms with E-state index in [-0.39, 0.29) is 5.69 Å². The Morgan fingerprint density at radius 1 is 1.57 bits per heavy atom. The van der Waals surface area contributed by atoms with Crippen LogP contribution in [-0.2, 0) is 0 Å². The second-order valence-corrected chi connectivity index (χ2v) is 3.47. The van der Waals surface area contributed by atoms with Gasteiger partial charge in [-0.15, -0.1) is 0 Å². The lowest BCUT2D eigenvalue weighted by molar-refractivity contribution is 0.0689. The molecule has 1 aromatic rings. The highest BCUT2D eigenvalue weighted by Crippen LogP contribution is 2.17. The van der Waals surface area contributed by atoms with Crippen LogP contribution in [0.2, 0.25) is 0 Å². The maximum Gasteiger partial charge on any atom is 0.356 e.